The van der Waals surface area contributed by atoms with Gasteiger partial charge in [-0.15, -0.1) is 0 Å². The number of hydrogen-bond acceptors (Lipinski definition) is 6. The molecule has 41 heavy (non-hydrogen) atoms. The van der Waals surface area contributed by atoms with Crippen molar-refractivity contribution in [2.45, 2.75) is 26.5 Å². The van der Waals surface area contributed by atoms with E-state index in [0.717, 1.165) is 11.1 Å². The summed E-state index contributed by atoms with van der Waals surface area (Å²) in [6.45, 7) is 3.92. The quantitative estimate of drug-likeness (QED) is 0.200. The van der Waals surface area contributed by atoms with Gasteiger partial charge in [0, 0.05) is 5.02 Å². The number of esters is 1. The largest absolute Gasteiger partial charge is 0.487 e. The number of ether oxygens (including phenoxy) is 2. The highest BCUT2D eigenvalue weighted by atomic mass is 79.9. The summed E-state index contributed by atoms with van der Waals surface area (Å²) in [6, 6.07) is 16.1. The zero-order chi connectivity index (χ0) is 29.3. The molecule has 0 unspecified atom stereocenters. The van der Waals surface area contributed by atoms with E-state index in [1.807, 2.05) is 12.1 Å². The maximum atomic E-state index is 13.8. The van der Waals surface area contributed by atoms with Gasteiger partial charge in [0.05, 0.1) is 37.4 Å². The third kappa shape index (κ3) is 6.25. The normalized spacial score (nSPS) is 15.0. The Morgan fingerprint density at radius 1 is 1.12 bits per heavy atom. The van der Waals surface area contributed by atoms with Crippen LogP contribution < -0.4 is 19.6 Å². The summed E-state index contributed by atoms with van der Waals surface area (Å²) < 4.78 is 27.8. The fraction of sp³-hybridized carbons (Fsp3) is 0.167. The molecule has 11 heteroatoms. The minimum Gasteiger partial charge on any atom is -0.487 e. The number of hydrogen-bond donors (Lipinski definition) is 0. The van der Waals surface area contributed by atoms with Gasteiger partial charge >= 0.3 is 5.97 Å². The Kier molecular flexibility index (Phi) is 8.94. The first-order chi connectivity index (χ1) is 19.7. The number of nitrogens with zero attached hydrogens (tertiary/aromatic N) is 2. The molecule has 1 aromatic heterocycles. The molecule has 0 radical (unpaired) electrons. The monoisotopic (exact) mass is 718 g/mol. The van der Waals surface area contributed by atoms with E-state index in [0.29, 0.717) is 45.9 Å². The van der Waals surface area contributed by atoms with Crippen molar-refractivity contribution in [3.05, 3.63) is 128 Å². The molecule has 0 N–H and O–H groups in total. The summed E-state index contributed by atoms with van der Waals surface area (Å²) in [5.41, 5.74) is 2.79. The average molecular weight is 721 g/mol. The van der Waals surface area contributed by atoms with Crippen LogP contribution in [0.15, 0.2) is 90.7 Å². The predicted molar refractivity (Wildman–Crippen MR) is 164 cm³/mol. The lowest BCUT2D eigenvalue weighted by Gasteiger charge is -2.24. The van der Waals surface area contributed by atoms with Crippen LogP contribution in [-0.4, -0.2) is 17.1 Å². The molecule has 0 fully saturated rings. The molecule has 2 heterocycles. The summed E-state index contributed by atoms with van der Waals surface area (Å²) in [4.78, 5) is 31.9. The molecular formula is C30H22Br2ClFN2O4S. The Morgan fingerprint density at radius 2 is 1.78 bits per heavy atom. The Labute approximate surface area is 260 Å². The Hall–Kier alpha value is -3.05. The summed E-state index contributed by atoms with van der Waals surface area (Å²) in [5, 5.41) is 0.542. The van der Waals surface area contributed by atoms with Gasteiger partial charge in [-0.25, -0.2) is 14.2 Å². The second-order valence-electron chi connectivity index (χ2n) is 9.08. The minimum atomic E-state index is -0.717. The summed E-state index contributed by atoms with van der Waals surface area (Å²) >= 11 is 14.5. The van der Waals surface area contributed by atoms with E-state index < -0.39 is 12.0 Å². The van der Waals surface area contributed by atoms with Gasteiger partial charge in [0.15, 0.2) is 4.80 Å². The van der Waals surface area contributed by atoms with Crippen LogP contribution in [0.1, 0.15) is 36.6 Å². The lowest BCUT2D eigenvalue weighted by molar-refractivity contribution is -0.139. The highest BCUT2D eigenvalue weighted by molar-refractivity contribution is 9.11. The van der Waals surface area contributed by atoms with Crippen LogP contribution in [0.5, 0.6) is 5.75 Å². The van der Waals surface area contributed by atoms with Crippen LogP contribution in [0.3, 0.4) is 0 Å². The highest BCUT2D eigenvalue weighted by Crippen LogP contribution is 2.36. The molecule has 4 aromatic rings. The smallest absolute Gasteiger partial charge is 0.338 e. The molecule has 0 bridgehead atoms. The lowest BCUT2D eigenvalue weighted by Crippen LogP contribution is -2.39. The summed E-state index contributed by atoms with van der Waals surface area (Å²) in [5.74, 6) is -0.255. The molecule has 1 aliphatic heterocycles. The first-order valence-corrected chi connectivity index (χ1v) is 15.3. The number of rotatable bonds is 7. The van der Waals surface area contributed by atoms with Crippen molar-refractivity contribution in [1.82, 2.24) is 4.57 Å². The van der Waals surface area contributed by atoms with Crippen molar-refractivity contribution in [2.75, 3.05) is 6.61 Å². The van der Waals surface area contributed by atoms with E-state index in [1.165, 1.54) is 28.0 Å². The van der Waals surface area contributed by atoms with Crippen LogP contribution in [0, 0.1) is 5.82 Å². The van der Waals surface area contributed by atoms with Crippen molar-refractivity contribution in [1.29, 1.82) is 0 Å². The van der Waals surface area contributed by atoms with Gasteiger partial charge in [0.1, 0.15) is 18.2 Å². The van der Waals surface area contributed by atoms with E-state index >= 15 is 0 Å². The number of fused-ring (bicyclic) bond motifs is 1. The van der Waals surface area contributed by atoms with Crippen LogP contribution in [0.2, 0.25) is 5.02 Å². The standard InChI is InChI=1S/C30H22Br2ClFN2O4S/c1-3-39-29(38)25-16(2)35-30-36(26(25)19-6-8-20(33)9-7-19)28(37)24(41-30)14-18-12-22(31)27(23(32)13-18)40-15-17-4-10-21(34)11-5-17/h4-14,26H,3,15H2,1-2H3/b24-14+/t26-/m1/s1. The number of allylic oxidation sites excluding steroid dienone is 1. The Bertz CT molecular complexity index is 1830. The van der Waals surface area contributed by atoms with E-state index in [2.05, 4.69) is 36.9 Å². The van der Waals surface area contributed by atoms with Crippen LogP contribution in [-0.2, 0) is 16.1 Å². The predicted octanol–water partition coefficient (Wildman–Crippen LogP) is 6.69. The number of halogens is 4. The average Bonchev–Trinajstić information content (AvgIpc) is 3.23. The summed E-state index contributed by atoms with van der Waals surface area (Å²) in [6.07, 6.45) is 1.77. The van der Waals surface area contributed by atoms with Gasteiger partial charge in [-0.05, 0) is 105 Å². The third-order valence-corrected chi connectivity index (χ3v) is 8.73. The van der Waals surface area contributed by atoms with Gasteiger partial charge in [-0.1, -0.05) is 47.2 Å². The number of carbonyl (C=O) groups is 1. The zero-order valence-electron chi connectivity index (χ0n) is 21.8. The molecule has 0 saturated heterocycles. The topological polar surface area (TPSA) is 69.9 Å². The van der Waals surface area contributed by atoms with Crippen molar-refractivity contribution < 1.29 is 18.7 Å². The molecular weight excluding hydrogens is 699 g/mol. The molecule has 0 amide bonds. The number of thiazole rings is 1. The zero-order valence-corrected chi connectivity index (χ0v) is 26.5. The van der Waals surface area contributed by atoms with Crippen molar-refractivity contribution >= 4 is 66.8 Å². The molecule has 210 valence electrons. The van der Waals surface area contributed by atoms with Gasteiger partial charge in [-0.2, -0.15) is 0 Å². The molecule has 0 spiro atoms. The number of carbonyl (C=O) groups excluding carboxylic acids is 1. The fourth-order valence-electron chi connectivity index (χ4n) is 4.44. The van der Waals surface area contributed by atoms with Gasteiger partial charge in [0.2, 0.25) is 0 Å². The molecule has 1 atom stereocenters. The molecule has 6 nitrogen and oxygen atoms in total. The molecule has 5 rings (SSSR count). The second kappa shape index (κ2) is 12.4. The van der Waals surface area contributed by atoms with Crippen LogP contribution >= 0.6 is 54.8 Å². The van der Waals surface area contributed by atoms with E-state index in [9.17, 15) is 14.0 Å². The van der Waals surface area contributed by atoms with Crippen molar-refractivity contribution in [2.24, 2.45) is 4.99 Å². The molecule has 3 aromatic carbocycles. The molecule has 0 aliphatic carbocycles. The van der Waals surface area contributed by atoms with E-state index in [4.69, 9.17) is 21.1 Å². The lowest BCUT2D eigenvalue weighted by atomic mass is 9.96. The maximum Gasteiger partial charge on any atom is 0.338 e. The highest BCUT2D eigenvalue weighted by Gasteiger charge is 2.33. The second-order valence-corrected chi connectivity index (χ2v) is 12.2. The Balaban J connectivity index is 1.54. The minimum absolute atomic E-state index is 0.195. The third-order valence-electron chi connectivity index (χ3n) is 6.32. The number of aromatic nitrogens is 1. The molecule has 0 saturated carbocycles. The number of benzene rings is 3. The first-order valence-electron chi connectivity index (χ1n) is 12.5. The Morgan fingerprint density at radius 3 is 2.41 bits per heavy atom. The van der Waals surface area contributed by atoms with Gasteiger partial charge in [-0.3, -0.25) is 9.36 Å². The summed E-state index contributed by atoms with van der Waals surface area (Å²) in [7, 11) is 0. The van der Waals surface area contributed by atoms with Crippen molar-refractivity contribution in [3.8, 4) is 5.75 Å². The van der Waals surface area contributed by atoms with Crippen molar-refractivity contribution in [3.63, 3.8) is 0 Å². The van der Waals surface area contributed by atoms with Gasteiger partial charge < -0.3 is 9.47 Å². The van der Waals surface area contributed by atoms with E-state index in [-0.39, 0.29) is 24.6 Å². The first kappa shape index (κ1) is 29.4. The van der Waals surface area contributed by atoms with Crippen LogP contribution in [0.4, 0.5) is 4.39 Å². The SMILES string of the molecule is CCOC(=O)C1=C(C)N=c2s/c(=C/c3cc(Br)c(OCc4ccc(F)cc4)c(Br)c3)c(=O)n2[C@@H]1c1ccc(Cl)cc1. The maximum absolute atomic E-state index is 13.8. The van der Waals surface area contributed by atoms with E-state index in [1.54, 1.807) is 56.3 Å². The van der Waals surface area contributed by atoms with Gasteiger partial charge in [0.25, 0.3) is 5.56 Å². The molecule has 1 aliphatic rings. The van der Waals surface area contributed by atoms with Crippen LogP contribution in [0.25, 0.3) is 6.08 Å². The fourth-order valence-corrected chi connectivity index (χ4v) is 7.06.